The van der Waals surface area contributed by atoms with Gasteiger partial charge < -0.3 is 5.32 Å². The van der Waals surface area contributed by atoms with Gasteiger partial charge >= 0.3 is 0 Å². The van der Waals surface area contributed by atoms with Crippen LogP contribution in [0.25, 0.3) is 21.5 Å². The Morgan fingerprint density at radius 3 is 2.12 bits per heavy atom. The molecule has 0 saturated carbocycles. The Bertz CT molecular complexity index is 703. The van der Waals surface area contributed by atoms with Crippen LogP contribution in [0.4, 0.5) is 5.69 Å². The van der Waals surface area contributed by atoms with Gasteiger partial charge in [-0.2, -0.15) is 0 Å². The van der Waals surface area contributed by atoms with E-state index < -0.39 is 0 Å². The number of anilines is 1. The molecule has 0 atom stereocenters. The summed E-state index contributed by atoms with van der Waals surface area (Å²) in [6.45, 7) is 0. The van der Waals surface area contributed by atoms with Crippen LogP contribution in [0.2, 0.25) is 0 Å². The Morgan fingerprint density at radius 2 is 1.41 bits per heavy atom. The third kappa shape index (κ3) is 1.74. The number of hydrogen-bond donors (Lipinski definition) is 1. The highest BCUT2D eigenvalue weighted by atomic mass is 16.1. The molecule has 0 aliphatic heterocycles. The summed E-state index contributed by atoms with van der Waals surface area (Å²) in [4.78, 5) is 10.4. The molecule has 0 radical (unpaired) electrons. The summed E-state index contributed by atoms with van der Waals surface area (Å²) in [5, 5.41) is 7.43. The lowest BCUT2D eigenvalue weighted by atomic mass is 10.0. The van der Waals surface area contributed by atoms with Crippen molar-refractivity contribution in [3.8, 4) is 0 Å². The fourth-order valence-corrected chi connectivity index (χ4v) is 2.10. The lowest BCUT2D eigenvalue weighted by Crippen LogP contribution is -1.92. The average molecular weight is 221 g/mol. The van der Waals surface area contributed by atoms with Gasteiger partial charge in [-0.05, 0) is 45.8 Å². The summed E-state index contributed by atoms with van der Waals surface area (Å²) < 4.78 is 0. The Hall–Kier alpha value is -2.35. The standard InChI is InChI=1S/C15H11NO/c17-10-16-15-6-5-13-7-11-3-1-2-4-12(11)8-14(13)9-15/h1-10H,(H,16,17). The molecule has 0 spiro atoms. The zero-order valence-corrected chi connectivity index (χ0v) is 9.18. The first-order chi connectivity index (χ1) is 8.36. The van der Waals surface area contributed by atoms with Crippen molar-refractivity contribution in [1.29, 1.82) is 0 Å². The highest BCUT2D eigenvalue weighted by molar-refractivity contribution is 5.99. The van der Waals surface area contributed by atoms with Crippen molar-refractivity contribution in [1.82, 2.24) is 0 Å². The summed E-state index contributed by atoms with van der Waals surface area (Å²) in [6, 6.07) is 18.5. The molecule has 2 nitrogen and oxygen atoms in total. The molecule has 0 heterocycles. The minimum Gasteiger partial charge on any atom is -0.329 e. The summed E-state index contributed by atoms with van der Waals surface area (Å²) in [5.74, 6) is 0. The van der Waals surface area contributed by atoms with Crippen LogP contribution in [-0.2, 0) is 4.79 Å². The molecular weight excluding hydrogens is 210 g/mol. The van der Waals surface area contributed by atoms with E-state index in [9.17, 15) is 4.79 Å². The van der Waals surface area contributed by atoms with Gasteiger partial charge in [0, 0.05) is 5.69 Å². The van der Waals surface area contributed by atoms with E-state index in [1.807, 2.05) is 30.3 Å². The monoisotopic (exact) mass is 221 g/mol. The second-order valence-electron chi connectivity index (χ2n) is 4.02. The molecule has 0 aliphatic rings. The molecule has 82 valence electrons. The van der Waals surface area contributed by atoms with Crippen molar-refractivity contribution in [3.05, 3.63) is 54.6 Å². The van der Waals surface area contributed by atoms with E-state index in [4.69, 9.17) is 0 Å². The molecule has 3 aromatic rings. The summed E-state index contributed by atoms with van der Waals surface area (Å²) in [7, 11) is 0. The highest BCUT2D eigenvalue weighted by Crippen LogP contribution is 2.24. The Balaban J connectivity index is 2.28. The molecule has 1 N–H and O–H groups in total. The number of amides is 1. The maximum atomic E-state index is 10.4. The average Bonchev–Trinajstić information content (AvgIpc) is 2.36. The number of fused-ring (bicyclic) bond motifs is 2. The Morgan fingerprint density at radius 1 is 0.765 bits per heavy atom. The number of benzene rings is 3. The molecule has 0 aliphatic carbocycles. The third-order valence-electron chi connectivity index (χ3n) is 2.93. The number of rotatable bonds is 2. The fourth-order valence-electron chi connectivity index (χ4n) is 2.10. The molecule has 0 aromatic heterocycles. The highest BCUT2D eigenvalue weighted by Gasteiger charge is 1.98. The SMILES string of the molecule is O=CNc1ccc2cc3ccccc3cc2c1. The molecule has 3 aromatic carbocycles. The van der Waals surface area contributed by atoms with Crippen LogP contribution in [0, 0.1) is 0 Å². The maximum Gasteiger partial charge on any atom is 0.211 e. The van der Waals surface area contributed by atoms with Gasteiger partial charge in [0.2, 0.25) is 6.41 Å². The molecule has 3 rings (SSSR count). The lowest BCUT2D eigenvalue weighted by Gasteiger charge is -2.04. The van der Waals surface area contributed by atoms with Crippen LogP contribution >= 0.6 is 0 Å². The molecule has 2 heteroatoms. The van der Waals surface area contributed by atoms with Gasteiger partial charge in [-0.3, -0.25) is 4.79 Å². The summed E-state index contributed by atoms with van der Waals surface area (Å²) >= 11 is 0. The van der Waals surface area contributed by atoms with Crippen LogP contribution in [0.15, 0.2) is 54.6 Å². The van der Waals surface area contributed by atoms with E-state index in [-0.39, 0.29) is 0 Å². The van der Waals surface area contributed by atoms with E-state index in [0.717, 1.165) is 11.1 Å². The van der Waals surface area contributed by atoms with Crippen molar-refractivity contribution < 1.29 is 4.79 Å². The first-order valence-electron chi connectivity index (χ1n) is 5.49. The number of carbonyl (C=O) groups excluding carboxylic acids is 1. The number of nitrogens with one attached hydrogen (secondary N) is 1. The quantitative estimate of drug-likeness (QED) is 0.520. The van der Waals surface area contributed by atoms with Gasteiger partial charge in [-0.25, -0.2) is 0 Å². The molecule has 0 saturated heterocycles. The van der Waals surface area contributed by atoms with Gasteiger partial charge in [-0.1, -0.05) is 30.3 Å². The van der Waals surface area contributed by atoms with Crippen molar-refractivity contribution in [2.45, 2.75) is 0 Å². The zero-order valence-electron chi connectivity index (χ0n) is 9.18. The van der Waals surface area contributed by atoms with Gasteiger partial charge in [0.1, 0.15) is 0 Å². The summed E-state index contributed by atoms with van der Waals surface area (Å²) in [6.07, 6.45) is 0.697. The predicted molar refractivity (Wildman–Crippen MR) is 71.1 cm³/mol. The van der Waals surface area contributed by atoms with E-state index in [0.29, 0.717) is 6.41 Å². The van der Waals surface area contributed by atoms with Crippen molar-refractivity contribution in [2.24, 2.45) is 0 Å². The minimum absolute atomic E-state index is 0.697. The molecule has 0 fully saturated rings. The van der Waals surface area contributed by atoms with Crippen LogP contribution in [0.5, 0.6) is 0 Å². The van der Waals surface area contributed by atoms with Gasteiger partial charge in [0.15, 0.2) is 0 Å². The smallest absolute Gasteiger partial charge is 0.211 e. The van der Waals surface area contributed by atoms with Crippen LogP contribution in [0.1, 0.15) is 0 Å². The van der Waals surface area contributed by atoms with Gasteiger partial charge in [0.25, 0.3) is 0 Å². The molecular formula is C15H11NO. The van der Waals surface area contributed by atoms with Crippen LogP contribution in [-0.4, -0.2) is 6.41 Å². The van der Waals surface area contributed by atoms with Crippen LogP contribution < -0.4 is 5.32 Å². The van der Waals surface area contributed by atoms with E-state index >= 15 is 0 Å². The topological polar surface area (TPSA) is 29.1 Å². The van der Waals surface area contributed by atoms with Crippen molar-refractivity contribution in [2.75, 3.05) is 5.32 Å². The van der Waals surface area contributed by atoms with Crippen molar-refractivity contribution in [3.63, 3.8) is 0 Å². The normalized spacial score (nSPS) is 10.6. The molecule has 1 amide bonds. The van der Waals surface area contributed by atoms with Gasteiger partial charge in [0.05, 0.1) is 0 Å². The van der Waals surface area contributed by atoms with Gasteiger partial charge in [-0.15, -0.1) is 0 Å². The van der Waals surface area contributed by atoms with E-state index in [2.05, 4.69) is 29.6 Å². The maximum absolute atomic E-state index is 10.4. The lowest BCUT2D eigenvalue weighted by molar-refractivity contribution is -0.105. The van der Waals surface area contributed by atoms with E-state index in [1.165, 1.54) is 16.2 Å². The third-order valence-corrected chi connectivity index (χ3v) is 2.93. The number of carbonyl (C=O) groups is 1. The first kappa shape index (κ1) is 9.85. The minimum atomic E-state index is 0.697. The van der Waals surface area contributed by atoms with Crippen molar-refractivity contribution >= 4 is 33.6 Å². The second kappa shape index (κ2) is 3.91. The fraction of sp³-hybridized carbons (Fsp3) is 0. The number of hydrogen-bond acceptors (Lipinski definition) is 1. The first-order valence-corrected chi connectivity index (χ1v) is 5.49. The predicted octanol–water partition coefficient (Wildman–Crippen LogP) is 3.56. The zero-order chi connectivity index (χ0) is 11.7. The molecule has 0 unspecified atom stereocenters. The molecule has 0 bridgehead atoms. The Kier molecular flexibility index (Phi) is 2.26. The second-order valence-corrected chi connectivity index (χ2v) is 4.02. The van der Waals surface area contributed by atoms with E-state index in [1.54, 1.807) is 0 Å². The Labute approximate surface area is 98.9 Å². The summed E-state index contributed by atoms with van der Waals surface area (Å²) in [5.41, 5.74) is 0.822. The largest absolute Gasteiger partial charge is 0.329 e. The van der Waals surface area contributed by atoms with Crippen LogP contribution in [0.3, 0.4) is 0 Å². The molecule has 17 heavy (non-hydrogen) atoms.